The minimum atomic E-state index is -4.31. The summed E-state index contributed by atoms with van der Waals surface area (Å²) in [6.45, 7) is 1.79. The van der Waals surface area contributed by atoms with E-state index >= 15 is 0 Å². The van der Waals surface area contributed by atoms with E-state index in [1.807, 2.05) is 0 Å². The molecule has 1 N–H and O–H groups in total. The Balaban J connectivity index is 2.27. The molecule has 1 fully saturated rings. The van der Waals surface area contributed by atoms with Crippen molar-refractivity contribution in [2.75, 3.05) is 0 Å². The molecule has 1 atom stereocenters. The van der Waals surface area contributed by atoms with Gasteiger partial charge in [-0.25, -0.2) is 8.78 Å². The maximum absolute atomic E-state index is 13.1. The summed E-state index contributed by atoms with van der Waals surface area (Å²) in [7, 11) is -4.31. The van der Waals surface area contributed by atoms with Crippen LogP contribution in [0.2, 0.25) is 0 Å². The first kappa shape index (κ1) is 14.4. The molecule has 6 heteroatoms. The van der Waals surface area contributed by atoms with Gasteiger partial charge in [-0.05, 0) is 37.3 Å². The van der Waals surface area contributed by atoms with Gasteiger partial charge in [0.15, 0.2) is 0 Å². The molecule has 0 bridgehead atoms. The van der Waals surface area contributed by atoms with Crippen molar-refractivity contribution < 1.29 is 21.8 Å². The second-order valence-electron chi connectivity index (χ2n) is 5.26. The van der Waals surface area contributed by atoms with Crippen molar-refractivity contribution in [1.29, 1.82) is 0 Å². The molecule has 1 aliphatic rings. The Morgan fingerprint density at radius 3 is 2.63 bits per heavy atom. The predicted octanol–water partition coefficient (Wildman–Crippen LogP) is 3.22. The van der Waals surface area contributed by atoms with Crippen molar-refractivity contribution in [2.45, 2.75) is 43.4 Å². The molecule has 0 aliphatic heterocycles. The van der Waals surface area contributed by atoms with Crippen LogP contribution in [0, 0.1) is 12.8 Å². The Kier molecular flexibility index (Phi) is 3.66. The largest absolute Gasteiger partial charge is 0.294 e. The fraction of sp³-hybridized carbons (Fsp3) is 0.538. The molecule has 1 aromatic carbocycles. The summed E-state index contributed by atoms with van der Waals surface area (Å²) in [6, 6.07) is 4.54. The minimum absolute atomic E-state index is 0.148. The van der Waals surface area contributed by atoms with E-state index in [-0.39, 0.29) is 30.1 Å². The van der Waals surface area contributed by atoms with Crippen molar-refractivity contribution in [1.82, 2.24) is 0 Å². The molecule has 106 valence electrons. The quantitative estimate of drug-likeness (QED) is 0.870. The van der Waals surface area contributed by atoms with Gasteiger partial charge < -0.3 is 0 Å². The van der Waals surface area contributed by atoms with E-state index in [0.717, 1.165) is 5.56 Å². The number of halogens is 2. The third-order valence-corrected chi connectivity index (χ3v) is 4.46. The maximum atomic E-state index is 13.1. The Labute approximate surface area is 111 Å². The zero-order chi connectivity index (χ0) is 14.3. The van der Waals surface area contributed by atoms with Crippen molar-refractivity contribution in [2.24, 2.45) is 5.92 Å². The van der Waals surface area contributed by atoms with E-state index in [1.54, 1.807) is 19.1 Å². The normalized spacial score (nSPS) is 22.6. The van der Waals surface area contributed by atoms with Crippen LogP contribution in [0.4, 0.5) is 8.78 Å². The molecular formula is C13H16F2O3S. The zero-order valence-electron chi connectivity index (χ0n) is 10.6. The first-order valence-electron chi connectivity index (χ1n) is 6.12. The van der Waals surface area contributed by atoms with Gasteiger partial charge >= 0.3 is 0 Å². The lowest BCUT2D eigenvalue weighted by molar-refractivity contribution is 0.00506. The van der Waals surface area contributed by atoms with Gasteiger partial charge in [-0.15, -0.1) is 0 Å². The maximum Gasteiger partial charge on any atom is 0.294 e. The van der Waals surface area contributed by atoms with E-state index in [2.05, 4.69) is 0 Å². The zero-order valence-corrected chi connectivity index (χ0v) is 11.4. The van der Waals surface area contributed by atoms with Gasteiger partial charge in [-0.3, -0.25) is 4.55 Å². The van der Waals surface area contributed by atoms with Gasteiger partial charge in [-0.1, -0.05) is 17.7 Å². The molecule has 0 heterocycles. The van der Waals surface area contributed by atoms with E-state index in [0.29, 0.717) is 12.0 Å². The molecule has 0 spiro atoms. The summed E-state index contributed by atoms with van der Waals surface area (Å²) in [5, 5.41) is 0. The molecule has 0 aromatic heterocycles. The third kappa shape index (κ3) is 3.51. The Morgan fingerprint density at radius 2 is 2.11 bits per heavy atom. The summed E-state index contributed by atoms with van der Waals surface area (Å²) in [4.78, 5) is -0.173. The second-order valence-corrected chi connectivity index (χ2v) is 6.65. The Hall–Kier alpha value is -1.01. The van der Waals surface area contributed by atoms with Crippen LogP contribution in [0.1, 0.15) is 30.4 Å². The van der Waals surface area contributed by atoms with Gasteiger partial charge in [0.05, 0.1) is 4.90 Å². The van der Waals surface area contributed by atoms with Crippen LogP contribution in [-0.2, 0) is 16.5 Å². The molecule has 1 saturated carbocycles. The molecular weight excluding hydrogens is 274 g/mol. The van der Waals surface area contributed by atoms with Crippen molar-refractivity contribution in [3.63, 3.8) is 0 Å². The van der Waals surface area contributed by atoms with Crippen LogP contribution in [-0.4, -0.2) is 18.9 Å². The average molecular weight is 290 g/mol. The molecule has 0 radical (unpaired) electrons. The van der Waals surface area contributed by atoms with E-state index in [1.165, 1.54) is 6.07 Å². The predicted molar refractivity (Wildman–Crippen MR) is 67.0 cm³/mol. The van der Waals surface area contributed by atoms with Crippen LogP contribution < -0.4 is 0 Å². The number of benzene rings is 1. The minimum Gasteiger partial charge on any atom is -0.282 e. The van der Waals surface area contributed by atoms with Gasteiger partial charge in [0.2, 0.25) is 5.92 Å². The summed E-state index contributed by atoms with van der Waals surface area (Å²) in [6.07, 6.45) is 0.273. The van der Waals surface area contributed by atoms with E-state index in [4.69, 9.17) is 4.55 Å². The molecule has 2 rings (SSSR count). The van der Waals surface area contributed by atoms with E-state index in [9.17, 15) is 17.2 Å². The smallest absolute Gasteiger partial charge is 0.282 e. The molecule has 1 aliphatic carbocycles. The van der Waals surface area contributed by atoms with Crippen LogP contribution in [0.3, 0.4) is 0 Å². The highest BCUT2D eigenvalue weighted by Gasteiger charge is 2.39. The molecule has 3 nitrogen and oxygen atoms in total. The summed E-state index contributed by atoms with van der Waals surface area (Å²) in [5.41, 5.74) is 1.26. The van der Waals surface area contributed by atoms with E-state index < -0.39 is 16.0 Å². The van der Waals surface area contributed by atoms with Crippen LogP contribution in [0.5, 0.6) is 0 Å². The lowest BCUT2D eigenvalue weighted by Crippen LogP contribution is -2.12. The fourth-order valence-electron chi connectivity index (χ4n) is 2.65. The highest BCUT2D eigenvalue weighted by Crippen LogP contribution is 2.40. The van der Waals surface area contributed by atoms with Gasteiger partial charge in [0, 0.05) is 12.8 Å². The first-order chi connectivity index (χ1) is 8.67. The number of hydrogen-bond donors (Lipinski definition) is 1. The molecule has 19 heavy (non-hydrogen) atoms. The highest BCUT2D eigenvalue weighted by atomic mass is 32.2. The molecule has 1 aromatic rings. The van der Waals surface area contributed by atoms with Crippen molar-refractivity contribution in [3.05, 3.63) is 29.3 Å². The monoisotopic (exact) mass is 290 g/mol. The number of hydrogen-bond acceptors (Lipinski definition) is 2. The van der Waals surface area contributed by atoms with Gasteiger partial charge in [0.1, 0.15) is 0 Å². The topological polar surface area (TPSA) is 54.4 Å². The van der Waals surface area contributed by atoms with Crippen LogP contribution in [0.15, 0.2) is 23.1 Å². The number of rotatable bonds is 3. The van der Waals surface area contributed by atoms with Crippen LogP contribution >= 0.6 is 0 Å². The first-order valence-corrected chi connectivity index (χ1v) is 7.56. The van der Waals surface area contributed by atoms with Gasteiger partial charge in [-0.2, -0.15) is 8.42 Å². The third-order valence-electron chi connectivity index (χ3n) is 3.51. The average Bonchev–Trinajstić information content (AvgIpc) is 2.56. The Morgan fingerprint density at radius 1 is 1.42 bits per heavy atom. The van der Waals surface area contributed by atoms with Gasteiger partial charge in [0.25, 0.3) is 10.1 Å². The standard InChI is InChI=1S/C13H16F2O3S/c1-9-2-3-12(19(16,17)18)11(6-9)7-10-4-5-13(14,15)8-10/h2-3,6,10H,4-5,7-8H2,1H3,(H,16,17,18). The molecule has 0 saturated heterocycles. The fourth-order valence-corrected chi connectivity index (χ4v) is 3.36. The second kappa shape index (κ2) is 4.83. The lowest BCUT2D eigenvalue weighted by Gasteiger charge is -2.13. The summed E-state index contributed by atoms with van der Waals surface area (Å²) < 4.78 is 58.0. The summed E-state index contributed by atoms with van der Waals surface area (Å²) >= 11 is 0. The van der Waals surface area contributed by atoms with Crippen molar-refractivity contribution in [3.8, 4) is 0 Å². The lowest BCUT2D eigenvalue weighted by atomic mass is 9.97. The Bertz CT molecular complexity index is 582. The number of alkyl halides is 2. The van der Waals surface area contributed by atoms with Crippen molar-refractivity contribution >= 4 is 10.1 Å². The molecule has 0 amide bonds. The van der Waals surface area contributed by atoms with Crippen LogP contribution in [0.25, 0.3) is 0 Å². The summed E-state index contributed by atoms with van der Waals surface area (Å²) in [5.74, 6) is -2.88. The highest BCUT2D eigenvalue weighted by molar-refractivity contribution is 7.85. The molecule has 1 unspecified atom stereocenters. The number of aryl methyl sites for hydroxylation is 1. The SMILES string of the molecule is Cc1ccc(S(=O)(=O)O)c(CC2CCC(F)(F)C2)c1.